The summed E-state index contributed by atoms with van der Waals surface area (Å²) in [5.74, 6) is -0.140. The van der Waals surface area contributed by atoms with Crippen molar-refractivity contribution in [2.24, 2.45) is 11.8 Å². The second kappa shape index (κ2) is 5.20. The van der Waals surface area contributed by atoms with E-state index in [9.17, 15) is 4.79 Å². The lowest BCUT2D eigenvalue weighted by Crippen LogP contribution is -2.32. The molecule has 1 aromatic heterocycles. The van der Waals surface area contributed by atoms with E-state index in [1.807, 2.05) is 19.9 Å². The number of hydrogen-bond donors (Lipinski definition) is 1. The average molecular weight is 206 g/mol. The molecular formula is C11H14N2O2. The average Bonchev–Trinajstić information content (AvgIpc) is 2.67. The third-order valence-corrected chi connectivity index (χ3v) is 2.11. The molecule has 1 atom stereocenters. The topological polar surface area (TPSA) is 66.0 Å². The highest BCUT2D eigenvalue weighted by Crippen LogP contribution is 2.09. The summed E-state index contributed by atoms with van der Waals surface area (Å²) < 4.78 is 5.06. The van der Waals surface area contributed by atoms with E-state index in [2.05, 4.69) is 5.32 Å². The molecule has 0 fully saturated rings. The zero-order valence-electron chi connectivity index (χ0n) is 8.86. The monoisotopic (exact) mass is 206 g/mol. The maximum atomic E-state index is 11.5. The van der Waals surface area contributed by atoms with Crippen LogP contribution in [0.4, 0.5) is 0 Å². The second-order valence-electron chi connectivity index (χ2n) is 3.65. The lowest BCUT2D eigenvalue weighted by Gasteiger charge is -2.11. The first-order valence-electron chi connectivity index (χ1n) is 4.85. The van der Waals surface area contributed by atoms with Crippen LogP contribution in [0.15, 0.2) is 22.8 Å². The summed E-state index contributed by atoms with van der Waals surface area (Å²) in [6.45, 7) is 4.03. The zero-order valence-corrected chi connectivity index (χ0v) is 8.86. The van der Waals surface area contributed by atoms with Crippen LogP contribution in [0.25, 0.3) is 0 Å². The number of carbonyl (C=O) groups is 1. The molecule has 1 N–H and O–H groups in total. The fraction of sp³-hybridized carbons (Fsp3) is 0.455. The number of nitrogens with zero attached hydrogens (tertiary/aromatic N) is 1. The highest BCUT2D eigenvalue weighted by atomic mass is 16.3. The summed E-state index contributed by atoms with van der Waals surface area (Å²) in [6.07, 6.45) is 1.55. The Hall–Kier alpha value is -1.76. The van der Waals surface area contributed by atoms with Crippen molar-refractivity contribution in [3.8, 4) is 6.07 Å². The van der Waals surface area contributed by atoms with Crippen LogP contribution in [0, 0.1) is 23.2 Å². The van der Waals surface area contributed by atoms with Crippen molar-refractivity contribution in [1.29, 1.82) is 5.26 Å². The van der Waals surface area contributed by atoms with Gasteiger partial charge in [-0.2, -0.15) is 5.26 Å². The first-order valence-corrected chi connectivity index (χ1v) is 4.85. The number of nitriles is 1. The molecule has 0 saturated heterocycles. The first kappa shape index (κ1) is 11.3. The van der Waals surface area contributed by atoms with Gasteiger partial charge in [0.2, 0.25) is 5.91 Å². The van der Waals surface area contributed by atoms with Crippen LogP contribution in [-0.4, -0.2) is 5.91 Å². The molecular weight excluding hydrogens is 192 g/mol. The van der Waals surface area contributed by atoms with Gasteiger partial charge in [-0.25, -0.2) is 0 Å². The van der Waals surface area contributed by atoms with Crippen LogP contribution in [0.1, 0.15) is 19.6 Å². The Balaban J connectivity index is 2.46. The first-order chi connectivity index (χ1) is 7.15. The van der Waals surface area contributed by atoms with Gasteiger partial charge in [0.25, 0.3) is 0 Å². The molecule has 0 radical (unpaired) electrons. The summed E-state index contributed by atoms with van der Waals surface area (Å²) in [4.78, 5) is 11.5. The summed E-state index contributed by atoms with van der Waals surface area (Å²) in [5.41, 5.74) is 0. The maximum absolute atomic E-state index is 11.5. The summed E-state index contributed by atoms with van der Waals surface area (Å²) in [7, 11) is 0. The van der Waals surface area contributed by atoms with Gasteiger partial charge in [0.1, 0.15) is 11.7 Å². The van der Waals surface area contributed by atoms with Gasteiger partial charge >= 0.3 is 0 Å². The van der Waals surface area contributed by atoms with Gasteiger partial charge in [-0.05, 0) is 18.1 Å². The van der Waals surface area contributed by atoms with E-state index in [-0.39, 0.29) is 11.8 Å². The largest absolute Gasteiger partial charge is 0.467 e. The fourth-order valence-corrected chi connectivity index (χ4v) is 1.21. The molecule has 1 unspecified atom stereocenters. The number of rotatable bonds is 4. The lowest BCUT2D eigenvalue weighted by molar-refractivity contribution is -0.124. The van der Waals surface area contributed by atoms with Crippen LogP contribution in [0.5, 0.6) is 0 Å². The van der Waals surface area contributed by atoms with Crippen molar-refractivity contribution in [1.82, 2.24) is 5.32 Å². The SMILES string of the molecule is CC(C)C(C#N)C(=O)NCc1ccco1. The Labute approximate surface area is 88.9 Å². The number of furan rings is 1. The smallest absolute Gasteiger partial charge is 0.237 e. The van der Waals surface area contributed by atoms with E-state index in [1.165, 1.54) is 0 Å². The Morgan fingerprint density at radius 1 is 1.67 bits per heavy atom. The maximum Gasteiger partial charge on any atom is 0.237 e. The van der Waals surface area contributed by atoms with Crippen LogP contribution in [-0.2, 0) is 11.3 Å². The van der Waals surface area contributed by atoms with Crippen LogP contribution in [0.2, 0.25) is 0 Å². The molecule has 0 bridgehead atoms. The Morgan fingerprint density at radius 3 is 2.87 bits per heavy atom. The van der Waals surface area contributed by atoms with Gasteiger partial charge in [-0.15, -0.1) is 0 Å². The van der Waals surface area contributed by atoms with Gasteiger partial charge < -0.3 is 9.73 Å². The van der Waals surface area contributed by atoms with Crippen molar-refractivity contribution in [2.75, 3.05) is 0 Å². The minimum Gasteiger partial charge on any atom is -0.467 e. The molecule has 0 aromatic carbocycles. The Bertz CT molecular complexity index is 349. The summed E-state index contributed by atoms with van der Waals surface area (Å²) in [6, 6.07) is 5.52. The van der Waals surface area contributed by atoms with Gasteiger partial charge in [0, 0.05) is 0 Å². The second-order valence-corrected chi connectivity index (χ2v) is 3.65. The lowest BCUT2D eigenvalue weighted by atomic mass is 9.97. The molecule has 0 aliphatic rings. The predicted molar refractivity (Wildman–Crippen MR) is 54.5 cm³/mol. The van der Waals surface area contributed by atoms with Crippen molar-refractivity contribution in [3.05, 3.63) is 24.2 Å². The predicted octanol–water partition coefficient (Wildman–Crippen LogP) is 1.69. The molecule has 0 saturated carbocycles. The van der Waals surface area contributed by atoms with Crippen LogP contribution < -0.4 is 5.32 Å². The molecule has 0 aliphatic heterocycles. The molecule has 80 valence electrons. The highest BCUT2D eigenvalue weighted by Gasteiger charge is 2.21. The normalized spacial score (nSPS) is 12.1. The van der Waals surface area contributed by atoms with E-state index in [1.54, 1.807) is 18.4 Å². The minimum absolute atomic E-state index is 0.0200. The molecule has 1 rings (SSSR count). The third-order valence-electron chi connectivity index (χ3n) is 2.11. The molecule has 1 heterocycles. The van der Waals surface area contributed by atoms with E-state index in [0.29, 0.717) is 12.3 Å². The zero-order chi connectivity index (χ0) is 11.3. The van der Waals surface area contributed by atoms with E-state index in [0.717, 1.165) is 0 Å². The van der Waals surface area contributed by atoms with Crippen molar-refractivity contribution >= 4 is 5.91 Å². The van der Waals surface area contributed by atoms with Crippen molar-refractivity contribution in [3.63, 3.8) is 0 Å². The quantitative estimate of drug-likeness (QED) is 0.815. The van der Waals surface area contributed by atoms with Crippen molar-refractivity contribution < 1.29 is 9.21 Å². The summed E-state index contributed by atoms with van der Waals surface area (Å²) >= 11 is 0. The number of nitrogens with one attached hydrogen (secondary N) is 1. The number of amides is 1. The highest BCUT2D eigenvalue weighted by molar-refractivity contribution is 5.81. The molecule has 1 aromatic rings. The van der Waals surface area contributed by atoms with E-state index >= 15 is 0 Å². The number of hydrogen-bond acceptors (Lipinski definition) is 3. The molecule has 0 spiro atoms. The van der Waals surface area contributed by atoms with Crippen LogP contribution in [0.3, 0.4) is 0 Å². The molecule has 15 heavy (non-hydrogen) atoms. The van der Waals surface area contributed by atoms with Crippen molar-refractivity contribution in [2.45, 2.75) is 20.4 Å². The Kier molecular flexibility index (Phi) is 3.92. The number of carbonyl (C=O) groups excluding carboxylic acids is 1. The van der Waals surface area contributed by atoms with Gasteiger partial charge in [0.15, 0.2) is 0 Å². The van der Waals surface area contributed by atoms with E-state index < -0.39 is 5.92 Å². The van der Waals surface area contributed by atoms with E-state index in [4.69, 9.17) is 9.68 Å². The Morgan fingerprint density at radius 2 is 2.40 bits per heavy atom. The standard InChI is InChI=1S/C11H14N2O2/c1-8(2)10(6-12)11(14)13-7-9-4-3-5-15-9/h3-5,8,10H,7H2,1-2H3,(H,13,14). The van der Waals surface area contributed by atoms with Gasteiger partial charge in [-0.3, -0.25) is 4.79 Å². The van der Waals surface area contributed by atoms with Crippen LogP contribution >= 0.6 is 0 Å². The fourth-order valence-electron chi connectivity index (χ4n) is 1.21. The minimum atomic E-state index is -0.597. The third kappa shape index (κ3) is 3.13. The molecule has 4 nitrogen and oxygen atoms in total. The van der Waals surface area contributed by atoms with Gasteiger partial charge in [-0.1, -0.05) is 13.8 Å². The molecule has 4 heteroatoms. The molecule has 1 amide bonds. The molecule has 0 aliphatic carbocycles. The summed E-state index contributed by atoms with van der Waals surface area (Å²) in [5, 5.41) is 11.5. The van der Waals surface area contributed by atoms with Gasteiger partial charge in [0.05, 0.1) is 18.9 Å².